The first kappa shape index (κ1) is 36.4. The number of benzene rings is 1. The summed E-state index contributed by atoms with van der Waals surface area (Å²) in [6, 6.07) is 8.10. The van der Waals surface area contributed by atoms with E-state index in [0.717, 1.165) is 19.5 Å². The highest BCUT2D eigenvalue weighted by molar-refractivity contribution is 7.91. The lowest BCUT2D eigenvalue weighted by Gasteiger charge is -2.72. The molecule has 5 aliphatic carbocycles. The Morgan fingerprint density at radius 2 is 1.62 bits per heavy atom. The monoisotopic (exact) mass is 704 g/mol. The molecular formula is C43H64N2O4S. The molecule has 276 valence electrons. The van der Waals surface area contributed by atoms with Crippen LogP contribution >= 0.6 is 0 Å². The van der Waals surface area contributed by atoms with Crippen molar-refractivity contribution >= 4 is 21.4 Å². The van der Waals surface area contributed by atoms with E-state index in [-0.39, 0.29) is 27.8 Å². The van der Waals surface area contributed by atoms with Gasteiger partial charge in [0.05, 0.1) is 24.2 Å². The van der Waals surface area contributed by atoms with E-state index in [1.807, 2.05) is 12.1 Å². The number of rotatable bonds is 7. The molecule has 0 bridgehead atoms. The first-order valence-electron chi connectivity index (χ1n) is 19.7. The Hall–Kier alpha value is -1.96. The van der Waals surface area contributed by atoms with Gasteiger partial charge in [-0.25, -0.2) is 13.2 Å². The standard InChI is InChI=1S/C43H64N2O4S/c1-29(2)32-15-20-43(44-23-24-45-25-27-50(47,48)28-26-45)22-21-41(6)34(37(32)43)13-14-36-40(5)18-16-33(30-9-11-31(12-10-30)38(46)49-8)39(3,4)35(40)17-19-42(36,41)7/h9-12,16,32,34-37,44H,1,13-15,17-28H2,2-8H3/t32-,34+,35?,36?,37?,40-,41+,42+,43-/m0/s1. The van der Waals surface area contributed by atoms with Gasteiger partial charge in [0.15, 0.2) is 9.84 Å². The highest BCUT2D eigenvalue weighted by Crippen LogP contribution is 2.76. The van der Waals surface area contributed by atoms with Gasteiger partial charge in [-0.15, -0.1) is 0 Å². The van der Waals surface area contributed by atoms with Gasteiger partial charge in [-0.05, 0) is 139 Å². The molecule has 1 aromatic carbocycles. The van der Waals surface area contributed by atoms with Crippen LogP contribution in [0.15, 0.2) is 42.5 Å². The number of hydrogen-bond donors (Lipinski definition) is 1. The number of nitrogens with one attached hydrogen (secondary N) is 1. The quantitative estimate of drug-likeness (QED) is 0.228. The van der Waals surface area contributed by atoms with Crippen LogP contribution in [0.2, 0.25) is 0 Å². The first-order valence-corrected chi connectivity index (χ1v) is 21.6. The molecule has 0 aromatic heterocycles. The zero-order valence-electron chi connectivity index (χ0n) is 32.1. The summed E-state index contributed by atoms with van der Waals surface area (Å²) in [5.41, 5.74) is 5.69. The molecule has 6 nitrogen and oxygen atoms in total. The number of ether oxygens (including phenoxy) is 1. The Kier molecular flexibility index (Phi) is 9.16. The lowest BCUT2D eigenvalue weighted by Crippen LogP contribution is -2.68. The van der Waals surface area contributed by atoms with Crippen molar-refractivity contribution in [3.63, 3.8) is 0 Å². The van der Waals surface area contributed by atoms with Crippen LogP contribution in [-0.2, 0) is 14.6 Å². The summed E-state index contributed by atoms with van der Waals surface area (Å²) in [6.07, 6.45) is 13.9. The van der Waals surface area contributed by atoms with Crippen LogP contribution < -0.4 is 5.32 Å². The fourth-order valence-corrected chi connectivity index (χ4v) is 15.2. The predicted octanol–water partition coefficient (Wildman–Crippen LogP) is 8.20. The summed E-state index contributed by atoms with van der Waals surface area (Å²) in [6.45, 7) is 23.2. The molecule has 1 heterocycles. The number of sulfone groups is 1. The van der Waals surface area contributed by atoms with Gasteiger partial charge < -0.3 is 15.0 Å². The Bertz CT molecular complexity index is 1630. The number of nitrogens with zero attached hydrogens (tertiary/aromatic N) is 1. The summed E-state index contributed by atoms with van der Waals surface area (Å²) in [5.74, 6) is 3.50. The Morgan fingerprint density at radius 3 is 2.28 bits per heavy atom. The normalized spacial score (nSPS) is 41.9. The molecule has 9 atom stereocenters. The number of carbonyl (C=O) groups is 1. The lowest BCUT2D eigenvalue weighted by atomic mass is 9.33. The lowest BCUT2D eigenvalue weighted by molar-refractivity contribution is -0.219. The van der Waals surface area contributed by atoms with E-state index in [1.165, 1.54) is 75.2 Å². The largest absolute Gasteiger partial charge is 0.465 e. The first-order chi connectivity index (χ1) is 23.5. The topological polar surface area (TPSA) is 75.7 Å². The van der Waals surface area contributed by atoms with Crippen LogP contribution in [0.3, 0.4) is 0 Å². The summed E-state index contributed by atoms with van der Waals surface area (Å²) < 4.78 is 29.0. The van der Waals surface area contributed by atoms with E-state index in [1.54, 1.807) is 0 Å². The summed E-state index contributed by atoms with van der Waals surface area (Å²) >= 11 is 0. The van der Waals surface area contributed by atoms with Crippen molar-refractivity contribution < 1.29 is 17.9 Å². The minimum atomic E-state index is -2.86. The second-order valence-electron chi connectivity index (χ2n) is 18.9. The van der Waals surface area contributed by atoms with Crippen molar-refractivity contribution in [2.24, 2.45) is 51.2 Å². The van der Waals surface area contributed by atoms with Crippen LogP contribution in [0.4, 0.5) is 0 Å². The van der Waals surface area contributed by atoms with Gasteiger partial charge in [0.2, 0.25) is 0 Å². The van der Waals surface area contributed by atoms with Crippen LogP contribution in [0.1, 0.15) is 115 Å². The molecular weight excluding hydrogens is 641 g/mol. The Labute approximate surface area is 303 Å². The average Bonchev–Trinajstić information content (AvgIpc) is 3.45. The van der Waals surface area contributed by atoms with Crippen molar-refractivity contribution in [1.82, 2.24) is 10.2 Å². The number of esters is 1. The Morgan fingerprint density at radius 1 is 0.920 bits per heavy atom. The van der Waals surface area contributed by atoms with Gasteiger partial charge in [-0.3, -0.25) is 0 Å². The minimum absolute atomic E-state index is 0.0412. The van der Waals surface area contributed by atoms with Gasteiger partial charge in [-0.2, -0.15) is 0 Å². The van der Waals surface area contributed by atoms with Crippen LogP contribution in [-0.4, -0.2) is 69.6 Å². The van der Waals surface area contributed by atoms with Crippen molar-refractivity contribution in [2.45, 2.75) is 105 Å². The molecule has 6 aliphatic rings. The van der Waals surface area contributed by atoms with Crippen molar-refractivity contribution in [1.29, 1.82) is 0 Å². The Balaban J connectivity index is 1.14. The molecule has 0 radical (unpaired) electrons. The third kappa shape index (κ3) is 5.52. The van der Waals surface area contributed by atoms with E-state index in [2.05, 4.69) is 76.5 Å². The highest BCUT2D eigenvalue weighted by Gasteiger charge is 2.70. The second kappa shape index (κ2) is 12.6. The molecule has 0 spiro atoms. The van der Waals surface area contributed by atoms with Gasteiger partial charge >= 0.3 is 5.97 Å². The van der Waals surface area contributed by atoms with Crippen molar-refractivity contribution in [3.05, 3.63) is 53.6 Å². The van der Waals surface area contributed by atoms with E-state index in [0.29, 0.717) is 65.2 Å². The zero-order valence-corrected chi connectivity index (χ0v) is 32.9. The molecule has 5 fully saturated rings. The van der Waals surface area contributed by atoms with Gasteiger partial charge in [0.25, 0.3) is 0 Å². The average molecular weight is 705 g/mol. The van der Waals surface area contributed by atoms with E-state index >= 15 is 0 Å². The zero-order chi connectivity index (χ0) is 35.9. The number of hydrogen-bond acceptors (Lipinski definition) is 6. The summed E-state index contributed by atoms with van der Waals surface area (Å²) in [7, 11) is -1.41. The maximum absolute atomic E-state index is 12.1. The molecule has 3 unspecified atom stereocenters. The molecule has 4 saturated carbocycles. The molecule has 0 amide bonds. The molecule has 1 aromatic rings. The molecule has 7 rings (SSSR count). The molecule has 1 saturated heterocycles. The van der Waals surface area contributed by atoms with Crippen LogP contribution in [0, 0.1) is 51.2 Å². The highest BCUT2D eigenvalue weighted by atomic mass is 32.2. The molecule has 1 N–H and O–H groups in total. The second-order valence-corrected chi connectivity index (χ2v) is 21.2. The number of carbonyl (C=O) groups excluding carboxylic acids is 1. The van der Waals surface area contributed by atoms with E-state index in [9.17, 15) is 13.2 Å². The number of methoxy groups -OCH3 is 1. The third-order valence-corrected chi connectivity index (χ3v) is 18.2. The predicted molar refractivity (Wildman–Crippen MR) is 204 cm³/mol. The van der Waals surface area contributed by atoms with Gasteiger partial charge in [0, 0.05) is 31.7 Å². The maximum Gasteiger partial charge on any atom is 0.337 e. The maximum atomic E-state index is 12.1. The fraction of sp³-hybridized carbons (Fsp3) is 0.744. The fourth-order valence-electron chi connectivity index (χ4n) is 13.9. The van der Waals surface area contributed by atoms with E-state index in [4.69, 9.17) is 4.74 Å². The van der Waals surface area contributed by atoms with Crippen molar-refractivity contribution in [2.75, 3.05) is 44.8 Å². The van der Waals surface area contributed by atoms with Gasteiger partial charge in [0.1, 0.15) is 0 Å². The molecule has 7 heteroatoms. The molecule has 50 heavy (non-hydrogen) atoms. The van der Waals surface area contributed by atoms with E-state index < -0.39 is 9.84 Å². The smallest absolute Gasteiger partial charge is 0.337 e. The summed E-state index contributed by atoms with van der Waals surface area (Å²) in [4.78, 5) is 14.5. The van der Waals surface area contributed by atoms with Gasteiger partial charge in [-0.1, -0.05) is 65.0 Å². The summed E-state index contributed by atoms with van der Waals surface area (Å²) in [5, 5.41) is 4.22. The van der Waals surface area contributed by atoms with Crippen LogP contribution in [0.25, 0.3) is 5.57 Å². The van der Waals surface area contributed by atoms with Crippen molar-refractivity contribution in [3.8, 4) is 0 Å². The number of fused-ring (bicyclic) bond motifs is 7. The number of allylic oxidation sites excluding steroid dienone is 3. The van der Waals surface area contributed by atoms with Crippen LogP contribution in [0.5, 0.6) is 0 Å². The minimum Gasteiger partial charge on any atom is -0.465 e. The third-order valence-electron chi connectivity index (χ3n) is 16.6. The molecule has 1 aliphatic heterocycles. The SMILES string of the molecule is C=C(C)[C@@H]1CC[C@]2(NCCN3CCS(=O)(=O)CC3)CC[C@]3(C)[C@H](CCC4[C@@]5(C)CC=C(c6ccc(C(=O)OC)cc6)C(C)(C)C5CC[C@]43C)C12.